The number of hydrogen-bond acceptors (Lipinski definition) is 6. The Kier molecular flexibility index (Phi) is 6.64. The van der Waals surface area contributed by atoms with Crippen LogP contribution in [0.5, 0.6) is 0 Å². The molecule has 0 saturated carbocycles. The van der Waals surface area contributed by atoms with E-state index in [0.29, 0.717) is 0 Å². The summed E-state index contributed by atoms with van der Waals surface area (Å²) in [7, 11) is 0. The number of rotatable bonds is 6. The zero-order valence-corrected chi connectivity index (χ0v) is 17.4. The molecule has 1 aliphatic rings. The number of benzene rings is 2. The summed E-state index contributed by atoms with van der Waals surface area (Å²) in [6, 6.07) is 19.7. The van der Waals surface area contributed by atoms with Crippen molar-refractivity contribution in [2.24, 2.45) is 0 Å². The molecule has 4 atom stereocenters. The molecule has 2 aromatic carbocycles. The quantitative estimate of drug-likeness (QED) is 0.408. The number of aromatic nitrogens is 2. The Morgan fingerprint density at radius 1 is 0.970 bits per heavy atom. The van der Waals surface area contributed by atoms with Gasteiger partial charge in [-0.15, -0.1) is 0 Å². The van der Waals surface area contributed by atoms with Crippen molar-refractivity contribution in [2.75, 3.05) is 0 Å². The van der Waals surface area contributed by atoms with E-state index in [1.165, 1.54) is 18.3 Å². The third kappa shape index (κ3) is 5.01. The maximum absolute atomic E-state index is 12.7. The van der Waals surface area contributed by atoms with Gasteiger partial charge in [0, 0.05) is 18.3 Å². The van der Waals surface area contributed by atoms with Crippen molar-refractivity contribution in [3.05, 3.63) is 117 Å². The number of nitrogens with zero attached hydrogens (tertiary/aromatic N) is 1. The van der Waals surface area contributed by atoms with E-state index < -0.39 is 47.7 Å². The van der Waals surface area contributed by atoms with Crippen molar-refractivity contribution >= 4 is 5.91 Å². The van der Waals surface area contributed by atoms with E-state index in [1.807, 2.05) is 60.7 Å². The van der Waals surface area contributed by atoms with E-state index in [2.05, 4.69) is 10.3 Å². The van der Waals surface area contributed by atoms with Gasteiger partial charge in [-0.25, -0.2) is 4.79 Å². The lowest BCUT2D eigenvalue weighted by Gasteiger charge is -2.19. The van der Waals surface area contributed by atoms with Gasteiger partial charge in [-0.2, -0.15) is 0 Å². The highest BCUT2D eigenvalue weighted by atomic mass is 16.6. The molecule has 9 heteroatoms. The van der Waals surface area contributed by atoms with E-state index in [-0.39, 0.29) is 0 Å². The second kappa shape index (κ2) is 9.78. The molecular weight excluding hydrogens is 426 g/mol. The molecule has 1 aromatic heterocycles. The number of amides is 1. The van der Waals surface area contributed by atoms with Crippen LogP contribution in [0.4, 0.5) is 0 Å². The number of aromatic amines is 1. The number of carbonyl (C=O) groups is 1. The van der Waals surface area contributed by atoms with Crippen LogP contribution in [0.25, 0.3) is 0 Å². The Labute approximate surface area is 188 Å². The summed E-state index contributed by atoms with van der Waals surface area (Å²) in [5.41, 5.74) is 0.421. The Hall–Kier alpha value is -3.79. The molecule has 9 nitrogen and oxygen atoms in total. The molecule has 0 spiro atoms. The van der Waals surface area contributed by atoms with Crippen LogP contribution in [0.2, 0.25) is 0 Å². The van der Waals surface area contributed by atoms with Crippen molar-refractivity contribution in [1.29, 1.82) is 0 Å². The first-order chi connectivity index (χ1) is 15.9. The summed E-state index contributed by atoms with van der Waals surface area (Å²) in [6.45, 7) is 0. The van der Waals surface area contributed by atoms with Gasteiger partial charge in [-0.1, -0.05) is 60.7 Å². The fraction of sp³-hybridized carbons (Fsp3) is 0.208. The molecule has 0 bridgehead atoms. The summed E-state index contributed by atoms with van der Waals surface area (Å²) < 4.78 is 6.57. The molecule has 0 radical (unpaired) electrons. The topological polar surface area (TPSA) is 134 Å². The van der Waals surface area contributed by atoms with Gasteiger partial charge in [0.15, 0.2) is 6.23 Å². The van der Waals surface area contributed by atoms with Crippen LogP contribution in [0.1, 0.15) is 23.4 Å². The zero-order chi connectivity index (χ0) is 23.4. The summed E-state index contributed by atoms with van der Waals surface area (Å²) in [6.07, 6.45) is -1.36. The Balaban J connectivity index is 1.49. The lowest BCUT2D eigenvalue weighted by Crippen LogP contribution is -2.37. The SMILES string of the molecule is O=C(/C=C/[C@H]1O[C@@H](n2ccc(=O)[nH]c2=O)[C@H](O)[C@@H]1O)NC(c1ccccc1)c1ccccc1. The van der Waals surface area contributed by atoms with E-state index in [9.17, 15) is 24.6 Å². The van der Waals surface area contributed by atoms with Gasteiger partial charge in [-0.05, 0) is 17.2 Å². The van der Waals surface area contributed by atoms with Crippen LogP contribution in [-0.2, 0) is 9.53 Å². The van der Waals surface area contributed by atoms with Crippen molar-refractivity contribution in [1.82, 2.24) is 14.9 Å². The van der Waals surface area contributed by atoms with Crippen LogP contribution in [0, 0.1) is 0 Å². The standard InChI is InChI=1S/C24H23N3O6/c28-18(25-20(15-7-3-1-4-8-15)16-9-5-2-6-10-16)12-11-17-21(30)22(31)23(33-17)27-14-13-19(29)26-24(27)32/h1-14,17,20-23,30-31H,(H,25,28)(H,26,29,32)/b12-11+/t17-,21-,22-,23-/m1/s1. The van der Waals surface area contributed by atoms with Gasteiger partial charge < -0.3 is 20.3 Å². The number of hydrogen-bond donors (Lipinski definition) is 4. The molecule has 1 fully saturated rings. The summed E-state index contributed by atoms with van der Waals surface area (Å²) in [5, 5.41) is 23.6. The second-order valence-electron chi connectivity index (χ2n) is 7.61. The highest BCUT2D eigenvalue weighted by Crippen LogP contribution is 2.29. The zero-order valence-electron chi connectivity index (χ0n) is 17.4. The molecule has 0 unspecified atom stereocenters. The predicted molar refractivity (Wildman–Crippen MR) is 119 cm³/mol. The average Bonchev–Trinajstić information content (AvgIpc) is 3.11. The molecule has 1 saturated heterocycles. The third-order valence-corrected chi connectivity index (χ3v) is 5.39. The second-order valence-corrected chi connectivity index (χ2v) is 7.61. The minimum Gasteiger partial charge on any atom is -0.387 e. The highest BCUT2D eigenvalue weighted by molar-refractivity contribution is 5.88. The molecule has 170 valence electrons. The number of carbonyl (C=O) groups excluding carboxylic acids is 1. The van der Waals surface area contributed by atoms with Crippen LogP contribution < -0.4 is 16.6 Å². The highest BCUT2D eigenvalue weighted by Gasteiger charge is 2.43. The van der Waals surface area contributed by atoms with Crippen molar-refractivity contribution in [2.45, 2.75) is 30.6 Å². The van der Waals surface area contributed by atoms with Gasteiger partial charge in [0.1, 0.15) is 18.3 Å². The molecular formula is C24H23N3O6. The van der Waals surface area contributed by atoms with Gasteiger partial charge in [0.2, 0.25) is 5.91 Å². The molecule has 2 heterocycles. The first-order valence-corrected chi connectivity index (χ1v) is 10.4. The molecule has 3 aromatic rings. The van der Waals surface area contributed by atoms with Crippen LogP contribution in [0.3, 0.4) is 0 Å². The Morgan fingerprint density at radius 3 is 2.15 bits per heavy atom. The molecule has 4 rings (SSSR count). The Bertz CT molecular complexity index is 1200. The third-order valence-electron chi connectivity index (χ3n) is 5.39. The fourth-order valence-corrected chi connectivity index (χ4v) is 3.72. The van der Waals surface area contributed by atoms with Crippen molar-refractivity contribution < 1.29 is 19.7 Å². The normalized spacial score (nSPS) is 22.6. The monoisotopic (exact) mass is 449 g/mol. The van der Waals surface area contributed by atoms with E-state index in [1.54, 1.807) is 0 Å². The maximum Gasteiger partial charge on any atom is 0.330 e. The number of aliphatic hydroxyl groups is 2. The molecule has 1 aliphatic heterocycles. The van der Waals surface area contributed by atoms with Gasteiger partial charge in [0.25, 0.3) is 5.56 Å². The van der Waals surface area contributed by atoms with Crippen molar-refractivity contribution in [3.8, 4) is 0 Å². The molecule has 0 aliphatic carbocycles. The Morgan fingerprint density at radius 2 is 1.58 bits per heavy atom. The largest absolute Gasteiger partial charge is 0.387 e. The lowest BCUT2D eigenvalue weighted by molar-refractivity contribution is -0.117. The van der Waals surface area contributed by atoms with Gasteiger partial charge in [-0.3, -0.25) is 19.1 Å². The first kappa shape index (κ1) is 22.4. The maximum atomic E-state index is 12.7. The molecule has 1 amide bonds. The summed E-state index contributed by atoms with van der Waals surface area (Å²) >= 11 is 0. The minimum absolute atomic E-state index is 0.392. The number of ether oxygens (including phenoxy) is 1. The van der Waals surface area contributed by atoms with Crippen LogP contribution in [0.15, 0.2) is 94.7 Å². The predicted octanol–water partition coefficient (Wildman–Crippen LogP) is 0.618. The van der Waals surface area contributed by atoms with Gasteiger partial charge in [0.05, 0.1) is 6.04 Å². The number of H-pyrrole nitrogens is 1. The number of aliphatic hydroxyl groups excluding tert-OH is 2. The van der Waals surface area contributed by atoms with E-state index in [0.717, 1.165) is 21.8 Å². The summed E-state index contributed by atoms with van der Waals surface area (Å²) in [5.74, 6) is -0.428. The van der Waals surface area contributed by atoms with Crippen molar-refractivity contribution in [3.63, 3.8) is 0 Å². The lowest BCUT2D eigenvalue weighted by atomic mass is 9.98. The van der Waals surface area contributed by atoms with E-state index >= 15 is 0 Å². The minimum atomic E-state index is -1.44. The smallest absolute Gasteiger partial charge is 0.330 e. The van der Waals surface area contributed by atoms with E-state index in [4.69, 9.17) is 4.74 Å². The number of nitrogens with one attached hydrogen (secondary N) is 2. The van der Waals surface area contributed by atoms with Crippen LogP contribution >= 0.6 is 0 Å². The summed E-state index contributed by atoms with van der Waals surface area (Å²) in [4.78, 5) is 38.0. The van der Waals surface area contributed by atoms with Gasteiger partial charge >= 0.3 is 5.69 Å². The fourth-order valence-electron chi connectivity index (χ4n) is 3.72. The molecule has 4 N–H and O–H groups in total. The average molecular weight is 449 g/mol. The first-order valence-electron chi connectivity index (χ1n) is 10.4. The molecule has 33 heavy (non-hydrogen) atoms. The van der Waals surface area contributed by atoms with Crippen LogP contribution in [-0.4, -0.2) is 44.0 Å².